The van der Waals surface area contributed by atoms with Gasteiger partial charge in [-0.3, -0.25) is 9.59 Å². The molecule has 5 heteroatoms. The first-order valence-electron chi connectivity index (χ1n) is 15.4. The molecule has 3 saturated carbocycles. The van der Waals surface area contributed by atoms with E-state index < -0.39 is 0 Å². The van der Waals surface area contributed by atoms with Crippen molar-refractivity contribution in [1.29, 1.82) is 0 Å². The first-order chi connectivity index (χ1) is 17.9. The van der Waals surface area contributed by atoms with Crippen molar-refractivity contribution in [1.82, 2.24) is 5.32 Å². The summed E-state index contributed by atoms with van der Waals surface area (Å²) in [5.41, 5.74) is 3.57. The van der Waals surface area contributed by atoms with Crippen molar-refractivity contribution >= 4 is 11.9 Å². The number of carbonyl (C=O) groups is 2. The van der Waals surface area contributed by atoms with Crippen molar-refractivity contribution in [3.8, 4) is 0 Å². The molecule has 0 bridgehead atoms. The fraction of sp³-hybridized carbons (Fsp3) is 0.818. The molecule has 5 aliphatic rings. The minimum atomic E-state index is -0.145. The molecule has 1 amide bonds. The van der Waals surface area contributed by atoms with Crippen LogP contribution in [-0.2, 0) is 19.1 Å². The van der Waals surface area contributed by atoms with Gasteiger partial charge in [0.15, 0.2) is 0 Å². The standard InChI is InChI=1S/C33H51NO4/c1-8-33-18-28-26-11-10-24-17-25(37-23(5)36)13-15-31(24,6)27(26)14-16-32(28,7)30(33)21(3)29(38-33)12-9-20(2)19-34-22(4)35/h10,20,25-28,30H,8-9,11-19H2,1-7H3,(H,34,35)/t20-,25+,26+,27-,28-,30+,31-,32-,33-/m0/s1. The average molecular weight is 526 g/mol. The number of fused-ring (bicyclic) bond motifs is 7. The second kappa shape index (κ2) is 10.0. The molecule has 1 heterocycles. The van der Waals surface area contributed by atoms with E-state index in [-0.39, 0.29) is 29.0 Å². The van der Waals surface area contributed by atoms with E-state index in [9.17, 15) is 9.59 Å². The van der Waals surface area contributed by atoms with E-state index in [0.29, 0.717) is 23.2 Å². The van der Waals surface area contributed by atoms with Gasteiger partial charge in [-0.2, -0.15) is 0 Å². The highest BCUT2D eigenvalue weighted by Gasteiger charge is 2.68. The third-order valence-electron chi connectivity index (χ3n) is 11.9. The van der Waals surface area contributed by atoms with Crippen LogP contribution >= 0.6 is 0 Å². The number of esters is 1. The average Bonchev–Trinajstić information content (AvgIpc) is 3.30. The third kappa shape index (κ3) is 4.44. The maximum atomic E-state index is 11.6. The van der Waals surface area contributed by atoms with Crippen LogP contribution in [0, 0.1) is 40.4 Å². The van der Waals surface area contributed by atoms with Gasteiger partial charge in [-0.25, -0.2) is 0 Å². The second-order valence-electron chi connectivity index (χ2n) is 14.1. The zero-order valence-electron chi connectivity index (χ0n) is 25.0. The van der Waals surface area contributed by atoms with Crippen LogP contribution in [0.15, 0.2) is 23.0 Å². The lowest BCUT2D eigenvalue weighted by Gasteiger charge is -2.58. The molecule has 0 saturated heterocycles. The predicted molar refractivity (Wildman–Crippen MR) is 150 cm³/mol. The molecule has 1 aliphatic heterocycles. The quantitative estimate of drug-likeness (QED) is 0.284. The van der Waals surface area contributed by atoms with E-state index in [1.807, 2.05) is 0 Å². The van der Waals surface area contributed by atoms with Crippen LogP contribution in [0.5, 0.6) is 0 Å². The number of hydrogen-bond donors (Lipinski definition) is 1. The second-order valence-corrected chi connectivity index (χ2v) is 14.1. The summed E-state index contributed by atoms with van der Waals surface area (Å²) in [5.74, 6) is 4.26. The maximum Gasteiger partial charge on any atom is 0.302 e. The Kier molecular flexibility index (Phi) is 7.31. The molecule has 1 N–H and O–H groups in total. The molecule has 0 aromatic carbocycles. The minimum Gasteiger partial charge on any atom is -0.491 e. The lowest BCUT2D eigenvalue weighted by atomic mass is 9.47. The number of carbonyl (C=O) groups excluding carboxylic acids is 2. The van der Waals surface area contributed by atoms with Crippen LogP contribution in [0.4, 0.5) is 0 Å². The summed E-state index contributed by atoms with van der Waals surface area (Å²) < 4.78 is 12.7. The van der Waals surface area contributed by atoms with E-state index in [2.05, 4.69) is 46.0 Å². The van der Waals surface area contributed by atoms with Gasteiger partial charge in [0, 0.05) is 39.2 Å². The van der Waals surface area contributed by atoms with Gasteiger partial charge < -0.3 is 14.8 Å². The minimum absolute atomic E-state index is 0.0491. The van der Waals surface area contributed by atoms with Crippen molar-refractivity contribution in [2.75, 3.05) is 6.54 Å². The Labute approximate surface area is 230 Å². The van der Waals surface area contributed by atoms with E-state index >= 15 is 0 Å². The number of nitrogens with one attached hydrogen (secondary N) is 1. The Balaban J connectivity index is 1.35. The molecule has 5 rings (SSSR count). The lowest BCUT2D eigenvalue weighted by molar-refractivity contribution is -0.148. The number of ether oxygens (including phenoxy) is 2. The van der Waals surface area contributed by atoms with Crippen LogP contribution in [-0.4, -0.2) is 30.1 Å². The molecule has 0 unspecified atom stereocenters. The summed E-state index contributed by atoms with van der Waals surface area (Å²) in [6.07, 6.45) is 13.7. The molecule has 3 fully saturated rings. The Morgan fingerprint density at radius 2 is 1.95 bits per heavy atom. The first-order valence-corrected chi connectivity index (χ1v) is 15.4. The summed E-state index contributed by atoms with van der Waals surface area (Å²) in [7, 11) is 0. The molecule has 4 aliphatic carbocycles. The Morgan fingerprint density at radius 1 is 1.18 bits per heavy atom. The Morgan fingerprint density at radius 3 is 2.63 bits per heavy atom. The fourth-order valence-corrected chi connectivity index (χ4v) is 10.1. The van der Waals surface area contributed by atoms with Gasteiger partial charge in [0.25, 0.3) is 0 Å². The molecule has 38 heavy (non-hydrogen) atoms. The molecule has 9 atom stereocenters. The zero-order chi connectivity index (χ0) is 27.5. The zero-order valence-corrected chi connectivity index (χ0v) is 25.0. The normalized spacial score (nSPS) is 42.2. The molecular formula is C33H51NO4. The largest absolute Gasteiger partial charge is 0.491 e. The van der Waals surface area contributed by atoms with Crippen molar-refractivity contribution in [2.45, 2.75) is 124 Å². The Bertz CT molecular complexity index is 1030. The summed E-state index contributed by atoms with van der Waals surface area (Å²) in [4.78, 5) is 22.9. The lowest BCUT2D eigenvalue weighted by Crippen LogP contribution is -2.50. The topological polar surface area (TPSA) is 64.6 Å². The summed E-state index contributed by atoms with van der Waals surface area (Å²) in [6.45, 7) is 15.9. The van der Waals surface area contributed by atoms with Crippen LogP contribution in [0.1, 0.15) is 113 Å². The summed E-state index contributed by atoms with van der Waals surface area (Å²) in [5, 5.41) is 2.97. The van der Waals surface area contributed by atoms with E-state index in [4.69, 9.17) is 9.47 Å². The van der Waals surface area contributed by atoms with Gasteiger partial charge >= 0.3 is 5.97 Å². The third-order valence-corrected chi connectivity index (χ3v) is 11.9. The summed E-state index contributed by atoms with van der Waals surface area (Å²) in [6, 6.07) is 0. The first kappa shape index (κ1) is 27.8. The van der Waals surface area contributed by atoms with Gasteiger partial charge in [0.2, 0.25) is 5.91 Å². The summed E-state index contributed by atoms with van der Waals surface area (Å²) >= 11 is 0. The number of allylic oxidation sites excluding steroid dienone is 2. The molecule has 0 aromatic rings. The maximum absolute atomic E-state index is 11.6. The molecular weight excluding hydrogens is 474 g/mol. The van der Waals surface area contributed by atoms with E-state index in [1.54, 1.807) is 12.5 Å². The van der Waals surface area contributed by atoms with Crippen molar-refractivity contribution in [2.24, 2.45) is 40.4 Å². The van der Waals surface area contributed by atoms with Crippen molar-refractivity contribution < 1.29 is 19.1 Å². The SMILES string of the molecule is CC[C@]12C[C@H]3[C@@H]4CC=C5C[C@H](OC(C)=O)CC[C@]5(C)[C@H]4CC[C@]3(C)[C@H]1C(C)=C(CC[C@H](C)CNC(C)=O)O2. The van der Waals surface area contributed by atoms with E-state index in [0.717, 1.165) is 56.9 Å². The van der Waals surface area contributed by atoms with Crippen LogP contribution in [0.2, 0.25) is 0 Å². The van der Waals surface area contributed by atoms with Gasteiger partial charge in [-0.15, -0.1) is 0 Å². The highest BCUT2D eigenvalue weighted by Crippen LogP contribution is 2.72. The number of hydrogen-bond acceptors (Lipinski definition) is 4. The molecule has 0 spiro atoms. The number of rotatable bonds is 7. The van der Waals surface area contributed by atoms with Gasteiger partial charge in [-0.05, 0) is 98.4 Å². The van der Waals surface area contributed by atoms with Gasteiger partial charge in [-0.1, -0.05) is 39.3 Å². The molecule has 212 valence electrons. The molecule has 5 nitrogen and oxygen atoms in total. The highest BCUT2D eigenvalue weighted by atomic mass is 16.5. The monoisotopic (exact) mass is 525 g/mol. The molecule has 0 radical (unpaired) electrons. The van der Waals surface area contributed by atoms with E-state index in [1.165, 1.54) is 43.9 Å². The smallest absolute Gasteiger partial charge is 0.302 e. The van der Waals surface area contributed by atoms with Crippen molar-refractivity contribution in [3.63, 3.8) is 0 Å². The van der Waals surface area contributed by atoms with Crippen LogP contribution in [0.3, 0.4) is 0 Å². The molecule has 0 aromatic heterocycles. The van der Waals surface area contributed by atoms with Gasteiger partial charge in [0.05, 0.1) is 5.76 Å². The number of amides is 1. The Hall–Kier alpha value is -1.78. The fourth-order valence-electron chi connectivity index (χ4n) is 10.1. The van der Waals surface area contributed by atoms with Crippen molar-refractivity contribution in [3.05, 3.63) is 23.0 Å². The van der Waals surface area contributed by atoms with Crippen LogP contribution < -0.4 is 5.32 Å². The predicted octanol–water partition coefficient (Wildman–Crippen LogP) is 7.11. The van der Waals surface area contributed by atoms with Gasteiger partial charge in [0.1, 0.15) is 11.7 Å². The van der Waals surface area contributed by atoms with Crippen LogP contribution in [0.25, 0.3) is 0 Å². The highest BCUT2D eigenvalue weighted by molar-refractivity contribution is 5.72.